The highest BCUT2D eigenvalue weighted by Crippen LogP contribution is 2.28. The number of rotatable bonds is 7. The van der Waals surface area contributed by atoms with E-state index in [1.807, 2.05) is 0 Å². The smallest absolute Gasteiger partial charge is 0.256 e. The summed E-state index contributed by atoms with van der Waals surface area (Å²) in [6, 6.07) is 0. The highest BCUT2D eigenvalue weighted by molar-refractivity contribution is 5.97. The second-order valence-corrected chi connectivity index (χ2v) is 4.33. The number of amides is 1. The van der Waals surface area contributed by atoms with Crippen LogP contribution in [0, 0.1) is 5.92 Å². The lowest BCUT2D eigenvalue weighted by molar-refractivity contribution is 0.0938. The molecule has 1 aliphatic rings. The fraction of sp³-hybridized carbons (Fsp3) is 0.636. The van der Waals surface area contributed by atoms with E-state index in [2.05, 4.69) is 15.5 Å². The Balaban J connectivity index is 1.55. The summed E-state index contributed by atoms with van der Waals surface area (Å²) in [5, 5.41) is 8.98. The van der Waals surface area contributed by atoms with Crippen LogP contribution in [0.4, 0.5) is 5.82 Å². The third kappa shape index (κ3) is 3.74. The molecule has 1 heterocycles. The first-order valence-corrected chi connectivity index (χ1v) is 5.92. The summed E-state index contributed by atoms with van der Waals surface area (Å²) in [6.45, 7) is 2.15. The van der Waals surface area contributed by atoms with Gasteiger partial charge in [0.2, 0.25) is 0 Å². The number of hydrogen-bond donors (Lipinski definition) is 3. The van der Waals surface area contributed by atoms with Gasteiger partial charge in [-0.25, -0.2) is 0 Å². The van der Waals surface area contributed by atoms with Crippen molar-refractivity contribution in [3.8, 4) is 0 Å². The number of carbonyl (C=O) groups is 1. The summed E-state index contributed by atoms with van der Waals surface area (Å²) >= 11 is 0. The number of aromatic amines is 1. The van der Waals surface area contributed by atoms with Gasteiger partial charge in [-0.15, -0.1) is 0 Å². The average Bonchev–Trinajstić information content (AvgIpc) is 3.04. The Morgan fingerprint density at radius 2 is 2.47 bits per heavy atom. The molecule has 6 heteroatoms. The van der Waals surface area contributed by atoms with Gasteiger partial charge in [-0.2, -0.15) is 5.10 Å². The van der Waals surface area contributed by atoms with Gasteiger partial charge in [0, 0.05) is 19.8 Å². The molecule has 0 unspecified atom stereocenters. The molecule has 0 aliphatic heterocycles. The van der Waals surface area contributed by atoms with E-state index in [1.54, 1.807) is 0 Å². The van der Waals surface area contributed by atoms with Crippen LogP contribution in [0.15, 0.2) is 6.20 Å². The SMILES string of the molecule is Nc1[nH]ncc1C(=O)NCCCOCC1CC1. The lowest BCUT2D eigenvalue weighted by Crippen LogP contribution is -2.25. The molecule has 0 bridgehead atoms. The number of aromatic nitrogens is 2. The van der Waals surface area contributed by atoms with Crippen LogP contribution >= 0.6 is 0 Å². The van der Waals surface area contributed by atoms with Gasteiger partial charge in [0.15, 0.2) is 0 Å². The van der Waals surface area contributed by atoms with Crippen molar-refractivity contribution in [1.82, 2.24) is 15.5 Å². The summed E-state index contributed by atoms with van der Waals surface area (Å²) in [6.07, 6.45) is 4.84. The number of carbonyl (C=O) groups excluding carboxylic acids is 1. The quantitative estimate of drug-likeness (QED) is 0.604. The van der Waals surface area contributed by atoms with Gasteiger partial charge in [-0.05, 0) is 25.2 Å². The van der Waals surface area contributed by atoms with Crippen molar-refractivity contribution in [1.29, 1.82) is 0 Å². The Bertz CT molecular complexity index is 373. The summed E-state index contributed by atoms with van der Waals surface area (Å²) in [7, 11) is 0. The fourth-order valence-corrected chi connectivity index (χ4v) is 1.48. The van der Waals surface area contributed by atoms with Crippen LogP contribution < -0.4 is 11.1 Å². The fourth-order valence-electron chi connectivity index (χ4n) is 1.48. The standard InChI is InChI=1S/C11H18N4O2/c12-10-9(6-14-15-10)11(16)13-4-1-5-17-7-8-2-3-8/h6,8H,1-5,7H2,(H,13,16)(H3,12,14,15). The first kappa shape index (κ1) is 11.9. The molecule has 17 heavy (non-hydrogen) atoms. The highest BCUT2D eigenvalue weighted by Gasteiger charge is 2.20. The Kier molecular flexibility index (Phi) is 3.98. The first-order chi connectivity index (χ1) is 8.27. The summed E-state index contributed by atoms with van der Waals surface area (Å²) in [5.74, 6) is 0.890. The van der Waals surface area contributed by atoms with E-state index in [0.717, 1.165) is 18.9 Å². The van der Waals surface area contributed by atoms with Crippen LogP contribution in [0.3, 0.4) is 0 Å². The molecule has 0 spiro atoms. The zero-order valence-electron chi connectivity index (χ0n) is 9.74. The van der Waals surface area contributed by atoms with Gasteiger partial charge in [-0.1, -0.05) is 0 Å². The monoisotopic (exact) mass is 238 g/mol. The number of H-pyrrole nitrogens is 1. The minimum absolute atomic E-state index is 0.196. The highest BCUT2D eigenvalue weighted by atomic mass is 16.5. The minimum Gasteiger partial charge on any atom is -0.383 e. The maximum Gasteiger partial charge on any atom is 0.256 e. The Labute approximate surface area is 99.9 Å². The number of nitrogens with one attached hydrogen (secondary N) is 2. The molecule has 1 aliphatic carbocycles. The minimum atomic E-state index is -0.196. The number of anilines is 1. The van der Waals surface area contributed by atoms with Crippen molar-refractivity contribution in [3.63, 3.8) is 0 Å². The molecule has 1 amide bonds. The number of nitrogens with two attached hydrogens (primary N) is 1. The molecule has 1 fully saturated rings. The molecular weight excluding hydrogens is 220 g/mol. The van der Waals surface area contributed by atoms with Crippen LogP contribution in [0.2, 0.25) is 0 Å². The molecule has 0 radical (unpaired) electrons. The molecule has 1 saturated carbocycles. The van der Waals surface area contributed by atoms with Crippen molar-refractivity contribution < 1.29 is 9.53 Å². The van der Waals surface area contributed by atoms with E-state index in [0.29, 0.717) is 24.5 Å². The van der Waals surface area contributed by atoms with Gasteiger partial charge >= 0.3 is 0 Å². The molecular formula is C11H18N4O2. The van der Waals surface area contributed by atoms with Gasteiger partial charge in [0.25, 0.3) is 5.91 Å². The van der Waals surface area contributed by atoms with Crippen LogP contribution in [0.1, 0.15) is 29.6 Å². The molecule has 4 N–H and O–H groups in total. The largest absolute Gasteiger partial charge is 0.383 e. The second kappa shape index (κ2) is 5.67. The Hall–Kier alpha value is -1.56. The van der Waals surface area contributed by atoms with Crippen LogP contribution in [-0.4, -0.2) is 35.9 Å². The van der Waals surface area contributed by atoms with Crippen molar-refractivity contribution in [3.05, 3.63) is 11.8 Å². The lowest BCUT2D eigenvalue weighted by atomic mass is 10.3. The van der Waals surface area contributed by atoms with Gasteiger partial charge in [0.05, 0.1) is 6.20 Å². The van der Waals surface area contributed by atoms with E-state index in [1.165, 1.54) is 19.0 Å². The summed E-state index contributed by atoms with van der Waals surface area (Å²) < 4.78 is 5.46. The maximum atomic E-state index is 11.6. The first-order valence-electron chi connectivity index (χ1n) is 5.92. The number of hydrogen-bond acceptors (Lipinski definition) is 4. The zero-order chi connectivity index (χ0) is 12.1. The van der Waals surface area contributed by atoms with E-state index < -0.39 is 0 Å². The molecule has 2 rings (SSSR count). The van der Waals surface area contributed by atoms with E-state index in [9.17, 15) is 4.79 Å². The summed E-state index contributed by atoms with van der Waals surface area (Å²) in [4.78, 5) is 11.6. The zero-order valence-corrected chi connectivity index (χ0v) is 9.74. The lowest BCUT2D eigenvalue weighted by Gasteiger charge is -2.05. The number of nitrogen functional groups attached to an aromatic ring is 1. The molecule has 94 valence electrons. The molecule has 0 saturated heterocycles. The van der Waals surface area contributed by atoms with Crippen LogP contribution in [-0.2, 0) is 4.74 Å². The Morgan fingerprint density at radius 1 is 1.65 bits per heavy atom. The molecule has 6 nitrogen and oxygen atoms in total. The maximum absolute atomic E-state index is 11.6. The predicted octanol–water partition coefficient (Wildman–Crippen LogP) is 0.538. The normalized spacial score (nSPS) is 14.8. The van der Waals surface area contributed by atoms with Gasteiger partial charge in [-0.3, -0.25) is 9.89 Å². The van der Waals surface area contributed by atoms with Gasteiger partial charge in [0.1, 0.15) is 11.4 Å². The topological polar surface area (TPSA) is 93.0 Å². The third-order valence-electron chi connectivity index (χ3n) is 2.71. The van der Waals surface area contributed by atoms with E-state index in [-0.39, 0.29) is 5.91 Å². The number of nitrogens with zero attached hydrogens (tertiary/aromatic N) is 1. The average molecular weight is 238 g/mol. The summed E-state index contributed by atoms with van der Waals surface area (Å²) in [5.41, 5.74) is 5.92. The number of ether oxygens (including phenoxy) is 1. The van der Waals surface area contributed by atoms with Gasteiger partial charge < -0.3 is 15.8 Å². The van der Waals surface area contributed by atoms with Crippen LogP contribution in [0.25, 0.3) is 0 Å². The van der Waals surface area contributed by atoms with Crippen molar-refractivity contribution >= 4 is 11.7 Å². The van der Waals surface area contributed by atoms with E-state index >= 15 is 0 Å². The van der Waals surface area contributed by atoms with Crippen molar-refractivity contribution in [2.45, 2.75) is 19.3 Å². The third-order valence-corrected chi connectivity index (χ3v) is 2.71. The molecule has 0 aromatic carbocycles. The molecule has 1 aromatic rings. The predicted molar refractivity (Wildman–Crippen MR) is 63.5 cm³/mol. The van der Waals surface area contributed by atoms with Crippen LogP contribution in [0.5, 0.6) is 0 Å². The van der Waals surface area contributed by atoms with Crippen molar-refractivity contribution in [2.24, 2.45) is 5.92 Å². The van der Waals surface area contributed by atoms with Crippen molar-refractivity contribution in [2.75, 3.05) is 25.5 Å². The second-order valence-electron chi connectivity index (χ2n) is 4.33. The molecule has 0 atom stereocenters. The molecule has 1 aromatic heterocycles. The Morgan fingerprint density at radius 3 is 3.12 bits per heavy atom. The van der Waals surface area contributed by atoms with E-state index in [4.69, 9.17) is 10.5 Å².